The van der Waals surface area contributed by atoms with Gasteiger partial charge in [-0.3, -0.25) is 17.6 Å². The van der Waals surface area contributed by atoms with Gasteiger partial charge in [0.15, 0.2) is 33.8 Å². The van der Waals surface area contributed by atoms with Crippen molar-refractivity contribution >= 4 is 285 Å². The predicted octanol–water partition coefficient (Wildman–Crippen LogP) is 28.4. The van der Waals surface area contributed by atoms with Crippen LogP contribution in [0.3, 0.4) is 0 Å². The first-order valence-corrected chi connectivity index (χ1v) is 42.2. The molecule has 0 atom stereocenters. The molecule has 0 aliphatic heterocycles. The zero-order valence-corrected chi connectivity index (χ0v) is 66.3. The van der Waals surface area contributed by atoms with Crippen molar-refractivity contribution in [1.82, 2.24) is 57.5 Å². The molecule has 0 N–H and O–H groups in total. The third-order valence-electron chi connectivity index (χ3n) is 26.4. The molecule has 0 aliphatic rings. The van der Waals surface area contributed by atoms with Gasteiger partial charge in [0.25, 0.3) is 0 Å². The van der Waals surface area contributed by atoms with Gasteiger partial charge in [-0.25, -0.2) is 39.9 Å². The molecule has 0 radical (unpaired) electrons. The summed E-state index contributed by atoms with van der Waals surface area (Å²) in [5, 5.41) is 23.2. The van der Waals surface area contributed by atoms with Crippen LogP contribution in [0.1, 0.15) is 0 Å². The van der Waals surface area contributed by atoms with Crippen LogP contribution in [0.25, 0.3) is 296 Å². The van der Waals surface area contributed by atoms with Gasteiger partial charge in [0.05, 0.1) is 88.3 Å². The molecule has 0 spiro atoms. The van der Waals surface area contributed by atoms with Crippen LogP contribution in [0.5, 0.6) is 0 Å². The molecular weight excluding hydrogens is 1550 g/mol. The lowest BCUT2D eigenvalue weighted by Crippen LogP contribution is -1.90. The Morgan fingerprint density at radius 1 is 0.167 bits per heavy atom. The molecular formula is C110H56N12O4. The second-order valence-corrected chi connectivity index (χ2v) is 33.0. The van der Waals surface area contributed by atoms with E-state index in [1.807, 2.05) is 127 Å². The number of fused-ring (bicyclic) bond motifs is 43. The summed E-state index contributed by atoms with van der Waals surface area (Å²) in [4.78, 5) is 40.3. The van der Waals surface area contributed by atoms with E-state index in [9.17, 15) is 0 Å². The molecule has 0 bridgehead atoms. The lowest BCUT2D eigenvalue weighted by atomic mass is 10.0. The van der Waals surface area contributed by atoms with Gasteiger partial charge in [-0.2, -0.15) is 0 Å². The predicted molar refractivity (Wildman–Crippen MR) is 511 cm³/mol. The zero-order chi connectivity index (χ0) is 81.6. The molecule has 0 aliphatic carbocycles. The molecule has 33 aromatic rings. The van der Waals surface area contributed by atoms with Gasteiger partial charge in [-0.15, -0.1) is 0 Å². The summed E-state index contributed by atoms with van der Waals surface area (Å²) in [5.74, 6) is 0. The first-order valence-electron chi connectivity index (χ1n) is 42.2. The van der Waals surface area contributed by atoms with Crippen LogP contribution in [-0.4, -0.2) is 57.5 Å². The van der Waals surface area contributed by atoms with Crippen molar-refractivity contribution in [3.8, 4) is 11.1 Å². The lowest BCUT2D eigenvalue weighted by Gasteiger charge is -2.04. The number of para-hydroxylation sites is 14. The Kier molecular flexibility index (Phi) is 12.7. The quantitative estimate of drug-likeness (QED) is 0.152. The van der Waals surface area contributed by atoms with Crippen molar-refractivity contribution < 1.29 is 17.7 Å². The number of benzene rings is 17. The fraction of sp³-hybridized carbons (Fsp3) is 0. The molecule has 580 valence electrons. The maximum absolute atomic E-state index is 6.47. The Morgan fingerprint density at radius 3 is 1.05 bits per heavy atom. The molecule has 0 saturated heterocycles. The van der Waals surface area contributed by atoms with E-state index in [4.69, 9.17) is 57.5 Å². The van der Waals surface area contributed by atoms with Gasteiger partial charge in [-0.05, 0) is 114 Å². The smallest absolute Gasteiger partial charge is 0.165 e. The third kappa shape index (κ3) is 8.78. The van der Waals surface area contributed by atoms with E-state index < -0.39 is 0 Å². The van der Waals surface area contributed by atoms with Gasteiger partial charge in [-0.1, -0.05) is 231 Å². The van der Waals surface area contributed by atoms with Gasteiger partial charge in [0.2, 0.25) is 0 Å². The van der Waals surface area contributed by atoms with Gasteiger partial charge in [0.1, 0.15) is 55.6 Å². The minimum absolute atomic E-state index is 0.863. The first kappa shape index (κ1) is 66.3. The van der Waals surface area contributed by atoms with E-state index in [-0.39, 0.29) is 0 Å². The van der Waals surface area contributed by atoms with Crippen molar-refractivity contribution in [2.75, 3.05) is 0 Å². The number of aromatic nitrogens is 12. The third-order valence-corrected chi connectivity index (χ3v) is 26.4. The summed E-state index contributed by atoms with van der Waals surface area (Å²) in [5.41, 5.74) is 33.1. The van der Waals surface area contributed by atoms with Crippen molar-refractivity contribution in [3.63, 3.8) is 0 Å². The highest BCUT2D eigenvalue weighted by Gasteiger charge is 2.29. The molecule has 16 nitrogen and oxygen atoms in total. The topological polar surface area (TPSA) is 173 Å². The molecule has 16 heterocycles. The number of rotatable bonds is 1. The summed E-state index contributed by atoms with van der Waals surface area (Å²) in [6.45, 7) is 0. The minimum Gasteiger partial charge on any atom is -0.456 e. The van der Waals surface area contributed by atoms with Crippen LogP contribution in [0, 0.1) is 0 Å². The van der Waals surface area contributed by atoms with Gasteiger partial charge >= 0.3 is 0 Å². The maximum atomic E-state index is 6.47. The highest BCUT2D eigenvalue weighted by Crippen LogP contribution is 2.49. The van der Waals surface area contributed by atoms with Crippen molar-refractivity contribution in [2.45, 2.75) is 0 Å². The molecule has 17 aromatic carbocycles. The van der Waals surface area contributed by atoms with Crippen LogP contribution in [0.15, 0.2) is 357 Å². The normalized spacial score (nSPS) is 12.6. The maximum Gasteiger partial charge on any atom is 0.165 e. The number of hydrogen-bond acceptors (Lipinski definition) is 12. The minimum atomic E-state index is 0.863. The van der Waals surface area contributed by atoms with E-state index in [1.54, 1.807) is 0 Å². The number of furan rings is 4. The summed E-state index contributed by atoms with van der Waals surface area (Å²) in [6.07, 6.45) is 0. The van der Waals surface area contributed by atoms with Gasteiger partial charge in [0, 0.05) is 114 Å². The van der Waals surface area contributed by atoms with E-state index in [0.29, 0.717) is 0 Å². The van der Waals surface area contributed by atoms with E-state index in [0.717, 1.165) is 231 Å². The fourth-order valence-corrected chi connectivity index (χ4v) is 21.1. The van der Waals surface area contributed by atoms with Crippen LogP contribution >= 0.6 is 0 Å². The van der Waals surface area contributed by atoms with Crippen molar-refractivity contribution in [2.24, 2.45) is 0 Å². The largest absolute Gasteiger partial charge is 0.456 e. The van der Waals surface area contributed by atoms with E-state index >= 15 is 0 Å². The Hall–Kier alpha value is -17.5. The van der Waals surface area contributed by atoms with Gasteiger partial charge < -0.3 is 17.7 Å². The molecule has 33 rings (SSSR count). The Morgan fingerprint density at radius 2 is 0.524 bits per heavy atom. The standard InChI is InChI=1S/C32H17N3O.3C26H13N3O/c1-2-7-18(8-3-1)19-13-16-25-26(17-19)34-32-28(33-25)24-11-6-10-21-22-14-15-23-20-9-4-5-12-27(20)36-31(23)30(22)35(32)29(21)24;1-4-11-22-14(6-1)18-12-17-15-7-5-8-16-24-26(28-20-10-3-2-9-19(20)27-24)29(25(15)16)21(17)13-23(18)30-22;1-4-11-21-14(6-1)17-13-12-16-15-7-5-8-18-22-26(28-20-10-3-2-9-19(20)27-22)29(23(15)18)24(16)25(17)30-21;1-4-11-20-14(6-1)23-21(30-20)13-12-19-22(23)15-7-5-8-16-24-26(29(19)25(15)16)28-18-10-3-2-9-17(18)27-24/h1-17H;3*1-13H. The second-order valence-electron chi connectivity index (χ2n) is 33.0. The number of hydrogen-bond donors (Lipinski definition) is 0. The SMILES string of the molecule is c1ccc(-c2ccc3nc4c5cccc6c7ccc8c9ccccc9oc8c7n(c4nc3c2)c65)cc1.c1ccc2nc3c(nc2c1)c1cccc2c4c5c(ccc4n3c12)oc1ccccc15.c1ccc2nc3c(nc2c1)c1cccc2c4cc5c(cc4n3c21)oc1ccccc15.c1ccc2nc3c(nc2c1)c1cccc2c4ccc5c6ccccc6oc5c4n3c21. The van der Waals surface area contributed by atoms with Crippen LogP contribution in [-0.2, 0) is 0 Å². The van der Waals surface area contributed by atoms with Crippen LogP contribution < -0.4 is 0 Å². The number of nitrogens with zero attached hydrogens (tertiary/aromatic N) is 12. The van der Waals surface area contributed by atoms with Crippen LogP contribution in [0.2, 0.25) is 0 Å². The van der Waals surface area contributed by atoms with E-state index in [2.05, 4.69) is 230 Å². The average Bonchev–Trinajstić information content (AvgIpc) is 1.55. The molecule has 126 heavy (non-hydrogen) atoms. The Balaban J connectivity index is 0.0000000823. The summed E-state index contributed by atoms with van der Waals surface area (Å²) in [6, 6.07) is 117. The summed E-state index contributed by atoms with van der Waals surface area (Å²) in [7, 11) is 0. The van der Waals surface area contributed by atoms with Crippen LogP contribution in [0.4, 0.5) is 0 Å². The molecule has 16 aromatic heterocycles. The first-order chi connectivity index (χ1) is 62.5. The molecule has 0 amide bonds. The highest BCUT2D eigenvalue weighted by molar-refractivity contribution is 6.34. The van der Waals surface area contributed by atoms with E-state index in [1.165, 1.54) is 65.1 Å². The Bertz CT molecular complexity index is 10600. The van der Waals surface area contributed by atoms with Crippen molar-refractivity contribution in [1.29, 1.82) is 0 Å². The lowest BCUT2D eigenvalue weighted by molar-refractivity contribution is 0.669. The Labute approximate surface area is 706 Å². The fourth-order valence-electron chi connectivity index (χ4n) is 21.1. The summed E-state index contributed by atoms with van der Waals surface area (Å²) < 4.78 is 34.2. The molecule has 16 heteroatoms. The molecule has 0 fully saturated rings. The zero-order valence-electron chi connectivity index (χ0n) is 66.3. The molecule has 0 unspecified atom stereocenters. The van der Waals surface area contributed by atoms with Crippen molar-refractivity contribution in [3.05, 3.63) is 340 Å². The summed E-state index contributed by atoms with van der Waals surface area (Å²) >= 11 is 0. The highest BCUT2D eigenvalue weighted by atomic mass is 16.3. The monoisotopic (exact) mass is 1610 g/mol. The molecule has 0 saturated carbocycles. The average molecular weight is 1610 g/mol. The second kappa shape index (κ2) is 24.2.